The third kappa shape index (κ3) is 1.33. The summed E-state index contributed by atoms with van der Waals surface area (Å²) in [6.45, 7) is 7.02. The van der Waals surface area contributed by atoms with Crippen LogP contribution in [0, 0.1) is 0 Å². The van der Waals surface area contributed by atoms with Gasteiger partial charge in [0.15, 0.2) is 0 Å². The van der Waals surface area contributed by atoms with Crippen molar-refractivity contribution in [3.8, 4) is 0 Å². The van der Waals surface area contributed by atoms with Crippen molar-refractivity contribution in [3.63, 3.8) is 0 Å². The minimum absolute atomic E-state index is 0.401. The highest BCUT2D eigenvalue weighted by atomic mass is 79.9. The zero-order valence-corrected chi connectivity index (χ0v) is 10.7. The molecule has 0 N–H and O–H groups in total. The van der Waals surface area contributed by atoms with Gasteiger partial charge in [-0.1, -0.05) is 48.8 Å². The number of fused-ring (bicyclic) bond motifs is 1. The third-order valence-corrected chi connectivity index (χ3v) is 4.42. The maximum atomic E-state index is 3.67. The van der Waals surface area contributed by atoms with Gasteiger partial charge in [0.2, 0.25) is 0 Å². The van der Waals surface area contributed by atoms with Crippen LogP contribution in [-0.4, -0.2) is 0 Å². The highest BCUT2D eigenvalue weighted by molar-refractivity contribution is 9.10. The molecule has 0 bridgehead atoms. The van der Waals surface area contributed by atoms with Gasteiger partial charge in [0.1, 0.15) is 0 Å². The van der Waals surface area contributed by atoms with E-state index in [0.29, 0.717) is 11.3 Å². The molecule has 0 fully saturated rings. The van der Waals surface area contributed by atoms with Gasteiger partial charge in [-0.25, -0.2) is 0 Å². The minimum atomic E-state index is 0.401. The van der Waals surface area contributed by atoms with Crippen LogP contribution in [0.4, 0.5) is 0 Å². The van der Waals surface area contributed by atoms with Crippen LogP contribution in [0.25, 0.3) is 0 Å². The molecule has 1 aromatic carbocycles. The molecule has 0 saturated carbocycles. The van der Waals surface area contributed by atoms with Crippen molar-refractivity contribution < 1.29 is 0 Å². The van der Waals surface area contributed by atoms with Crippen LogP contribution in [0.2, 0.25) is 0 Å². The zero-order chi connectivity index (χ0) is 10.3. The Balaban J connectivity index is 2.60. The molecule has 2 atom stereocenters. The van der Waals surface area contributed by atoms with Gasteiger partial charge in [-0.2, -0.15) is 0 Å². The summed E-state index contributed by atoms with van der Waals surface area (Å²) >= 11 is 3.67. The smallest absolute Gasteiger partial charge is 0.0212 e. The van der Waals surface area contributed by atoms with Gasteiger partial charge in [-0.15, -0.1) is 0 Å². The molecule has 0 amide bonds. The predicted molar refractivity (Wildman–Crippen MR) is 64.8 cm³/mol. The number of rotatable bonds is 1. The Bertz CT molecular complexity index is 356. The highest BCUT2D eigenvalue weighted by Gasteiger charge is 2.37. The fourth-order valence-corrected chi connectivity index (χ4v) is 3.54. The van der Waals surface area contributed by atoms with Crippen LogP contribution in [0.3, 0.4) is 0 Å². The van der Waals surface area contributed by atoms with Crippen molar-refractivity contribution in [3.05, 3.63) is 33.8 Å². The molecule has 1 aliphatic rings. The second-order valence-corrected chi connectivity index (χ2v) is 5.57. The molecule has 0 radical (unpaired) electrons. The Morgan fingerprint density at radius 3 is 2.86 bits per heavy atom. The monoisotopic (exact) mass is 252 g/mol. The number of hydrogen-bond donors (Lipinski definition) is 0. The number of hydrogen-bond acceptors (Lipinski definition) is 0. The molecule has 0 aromatic heterocycles. The van der Waals surface area contributed by atoms with Crippen LogP contribution in [0.1, 0.15) is 50.7 Å². The van der Waals surface area contributed by atoms with E-state index in [1.165, 1.54) is 22.9 Å². The van der Waals surface area contributed by atoms with Crippen molar-refractivity contribution in [2.45, 2.75) is 44.9 Å². The molecule has 76 valence electrons. The molecule has 0 heterocycles. The normalized spacial score (nSPS) is 30.4. The average Bonchev–Trinajstić information content (AvgIpc) is 2.41. The second kappa shape index (κ2) is 3.37. The molecule has 0 unspecified atom stereocenters. The van der Waals surface area contributed by atoms with Crippen LogP contribution >= 0.6 is 15.9 Å². The molecule has 2 rings (SSSR count). The zero-order valence-electron chi connectivity index (χ0n) is 9.10. The summed E-state index contributed by atoms with van der Waals surface area (Å²) in [6.07, 6.45) is 2.53. The van der Waals surface area contributed by atoms with Crippen molar-refractivity contribution in [2.24, 2.45) is 0 Å². The van der Waals surface area contributed by atoms with Crippen LogP contribution in [0.15, 0.2) is 22.7 Å². The Kier molecular flexibility index (Phi) is 2.46. The van der Waals surface area contributed by atoms with E-state index in [4.69, 9.17) is 0 Å². The summed E-state index contributed by atoms with van der Waals surface area (Å²) in [5.41, 5.74) is 3.50. The average molecular weight is 253 g/mol. The first-order chi connectivity index (χ1) is 6.58. The van der Waals surface area contributed by atoms with E-state index in [9.17, 15) is 0 Å². The van der Waals surface area contributed by atoms with Gasteiger partial charge in [0, 0.05) is 4.47 Å². The maximum absolute atomic E-state index is 3.67. The first kappa shape index (κ1) is 10.2. The van der Waals surface area contributed by atoms with Crippen LogP contribution < -0.4 is 0 Å². The minimum Gasteiger partial charge on any atom is -0.0645 e. The van der Waals surface area contributed by atoms with Crippen LogP contribution in [0.5, 0.6) is 0 Å². The van der Waals surface area contributed by atoms with E-state index in [1.807, 2.05) is 0 Å². The fourth-order valence-electron chi connectivity index (χ4n) is 2.79. The van der Waals surface area contributed by atoms with Crippen molar-refractivity contribution in [1.82, 2.24) is 0 Å². The Morgan fingerprint density at radius 1 is 1.50 bits per heavy atom. The fraction of sp³-hybridized carbons (Fsp3) is 0.538. The molecule has 1 aromatic rings. The molecule has 0 spiro atoms. The Labute approximate surface area is 94.8 Å². The van der Waals surface area contributed by atoms with E-state index < -0.39 is 0 Å². The molecule has 0 nitrogen and oxygen atoms in total. The Morgan fingerprint density at radius 2 is 2.21 bits per heavy atom. The van der Waals surface area contributed by atoms with Gasteiger partial charge in [-0.3, -0.25) is 0 Å². The SMILES string of the molecule is CC[C@@]1(C)C[C@@H](C)c2c(Br)cccc21. The number of halogens is 1. The van der Waals surface area contributed by atoms with Gasteiger partial charge in [0.25, 0.3) is 0 Å². The topological polar surface area (TPSA) is 0 Å². The van der Waals surface area contributed by atoms with Gasteiger partial charge in [0.05, 0.1) is 0 Å². The molecule has 14 heavy (non-hydrogen) atoms. The summed E-state index contributed by atoms with van der Waals surface area (Å²) in [5, 5.41) is 0. The first-order valence-electron chi connectivity index (χ1n) is 5.37. The summed E-state index contributed by atoms with van der Waals surface area (Å²) < 4.78 is 1.29. The maximum Gasteiger partial charge on any atom is 0.0212 e. The van der Waals surface area contributed by atoms with Crippen molar-refractivity contribution in [1.29, 1.82) is 0 Å². The first-order valence-corrected chi connectivity index (χ1v) is 6.16. The van der Waals surface area contributed by atoms with Gasteiger partial charge in [-0.05, 0) is 41.4 Å². The van der Waals surface area contributed by atoms with E-state index in [1.54, 1.807) is 5.56 Å². The summed E-state index contributed by atoms with van der Waals surface area (Å²) in [4.78, 5) is 0. The summed E-state index contributed by atoms with van der Waals surface area (Å²) in [6, 6.07) is 6.62. The Hall–Kier alpha value is -0.300. The molecule has 1 heteroatoms. The quantitative estimate of drug-likeness (QED) is 0.684. The lowest BCUT2D eigenvalue weighted by atomic mass is 9.81. The lowest BCUT2D eigenvalue weighted by Gasteiger charge is -2.23. The van der Waals surface area contributed by atoms with E-state index in [-0.39, 0.29) is 0 Å². The van der Waals surface area contributed by atoms with Crippen molar-refractivity contribution in [2.75, 3.05) is 0 Å². The number of benzene rings is 1. The van der Waals surface area contributed by atoms with Gasteiger partial charge >= 0.3 is 0 Å². The molecule has 0 aliphatic heterocycles. The molecular weight excluding hydrogens is 236 g/mol. The van der Waals surface area contributed by atoms with E-state index in [2.05, 4.69) is 54.9 Å². The van der Waals surface area contributed by atoms with Crippen molar-refractivity contribution >= 4 is 15.9 Å². The highest BCUT2D eigenvalue weighted by Crippen LogP contribution is 2.49. The second-order valence-electron chi connectivity index (χ2n) is 4.72. The predicted octanol–water partition coefficient (Wildman–Crippen LogP) is 4.62. The summed E-state index contributed by atoms with van der Waals surface area (Å²) in [5.74, 6) is 0.700. The largest absolute Gasteiger partial charge is 0.0645 e. The molecular formula is C13H17Br. The molecule has 1 aliphatic carbocycles. The van der Waals surface area contributed by atoms with E-state index in [0.717, 1.165) is 0 Å². The van der Waals surface area contributed by atoms with Gasteiger partial charge < -0.3 is 0 Å². The third-order valence-electron chi connectivity index (χ3n) is 3.73. The summed E-state index contributed by atoms with van der Waals surface area (Å²) in [7, 11) is 0. The molecule has 0 saturated heterocycles. The van der Waals surface area contributed by atoms with Crippen LogP contribution in [-0.2, 0) is 5.41 Å². The standard InChI is InChI=1S/C13H17Br/c1-4-13(3)8-9(2)12-10(13)6-5-7-11(12)14/h5-7,9H,4,8H2,1-3H3/t9-,13+/m1/s1. The lowest BCUT2D eigenvalue weighted by Crippen LogP contribution is -2.16. The van der Waals surface area contributed by atoms with E-state index >= 15 is 0 Å². The lowest BCUT2D eigenvalue weighted by molar-refractivity contribution is 0.430.